The van der Waals surface area contributed by atoms with Gasteiger partial charge in [0.1, 0.15) is 23.0 Å². The molecule has 0 bridgehead atoms. The Morgan fingerprint density at radius 3 is 2.21 bits per heavy atom. The Bertz CT molecular complexity index is 1050. The van der Waals surface area contributed by atoms with E-state index in [4.69, 9.17) is 14.2 Å². The number of hydrogen-bond acceptors (Lipinski definition) is 4. The van der Waals surface area contributed by atoms with Gasteiger partial charge in [0.25, 0.3) is 0 Å². The highest BCUT2D eigenvalue weighted by molar-refractivity contribution is 5.71. The number of carboxylic acids is 1. The molecule has 0 heterocycles. The molecule has 3 aromatic rings. The lowest BCUT2D eigenvalue weighted by Crippen LogP contribution is -2.09. The third kappa shape index (κ3) is 7.55. The maximum absolute atomic E-state index is 11.2. The molecule has 0 aliphatic heterocycles. The lowest BCUT2D eigenvalue weighted by molar-refractivity contribution is -0.136. The summed E-state index contributed by atoms with van der Waals surface area (Å²) in [7, 11) is 0. The van der Waals surface area contributed by atoms with E-state index in [0.29, 0.717) is 13.2 Å². The second kappa shape index (κ2) is 13.3. The first-order chi connectivity index (χ1) is 16.6. The van der Waals surface area contributed by atoms with Crippen molar-refractivity contribution < 1.29 is 24.1 Å². The van der Waals surface area contributed by atoms with Gasteiger partial charge < -0.3 is 19.3 Å². The molecule has 0 aliphatic carbocycles. The Labute approximate surface area is 202 Å². The van der Waals surface area contributed by atoms with E-state index in [9.17, 15) is 9.90 Å². The molecule has 1 N–H and O–H groups in total. The molecule has 0 fully saturated rings. The van der Waals surface area contributed by atoms with Crippen LogP contribution in [-0.2, 0) is 24.1 Å². The van der Waals surface area contributed by atoms with E-state index >= 15 is 0 Å². The fraction of sp³-hybridized carbons (Fsp3) is 0.345. The second-order valence-electron chi connectivity index (χ2n) is 8.20. The van der Waals surface area contributed by atoms with Gasteiger partial charge in [-0.1, -0.05) is 57.0 Å². The minimum absolute atomic E-state index is 0.0137. The first-order valence-electron chi connectivity index (χ1n) is 12.0. The van der Waals surface area contributed by atoms with Gasteiger partial charge in [0.2, 0.25) is 0 Å². The summed E-state index contributed by atoms with van der Waals surface area (Å²) in [4.78, 5) is 11.2. The van der Waals surface area contributed by atoms with Crippen LogP contribution in [0.3, 0.4) is 0 Å². The van der Waals surface area contributed by atoms with Gasteiger partial charge in [-0.3, -0.25) is 4.79 Å². The normalized spacial score (nSPS) is 10.6. The van der Waals surface area contributed by atoms with Crippen LogP contribution in [0.15, 0.2) is 66.7 Å². The topological polar surface area (TPSA) is 65.0 Å². The summed E-state index contributed by atoms with van der Waals surface area (Å²) in [6, 6.07) is 21.4. The van der Waals surface area contributed by atoms with Crippen LogP contribution in [-0.4, -0.2) is 24.3 Å². The molecule has 0 aromatic heterocycles. The highest BCUT2D eigenvalue weighted by atomic mass is 16.5. The fourth-order valence-electron chi connectivity index (χ4n) is 3.88. The third-order valence-corrected chi connectivity index (χ3v) is 5.41. The van der Waals surface area contributed by atoms with Gasteiger partial charge in [-0.15, -0.1) is 0 Å². The van der Waals surface area contributed by atoms with Crippen molar-refractivity contribution in [2.24, 2.45) is 0 Å². The van der Waals surface area contributed by atoms with Gasteiger partial charge in [-0.05, 0) is 65.9 Å². The highest BCUT2D eigenvalue weighted by Crippen LogP contribution is 2.29. The Morgan fingerprint density at radius 1 is 0.765 bits per heavy atom. The summed E-state index contributed by atoms with van der Waals surface area (Å²) in [5.74, 6) is 2.43. The number of rotatable bonds is 14. The van der Waals surface area contributed by atoms with Crippen molar-refractivity contribution in [2.75, 3.05) is 13.2 Å². The van der Waals surface area contributed by atoms with E-state index in [1.54, 1.807) is 0 Å². The van der Waals surface area contributed by atoms with Crippen molar-refractivity contribution in [3.8, 4) is 23.0 Å². The molecule has 0 radical (unpaired) electrons. The smallest absolute Gasteiger partial charge is 0.307 e. The van der Waals surface area contributed by atoms with Crippen molar-refractivity contribution in [3.05, 3.63) is 83.4 Å². The molecule has 5 nitrogen and oxygen atoms in total. The van der Waals surface area contributed by atoms with E-state index in [2.05, 4.69) is 13.8 Å². The van der Waals surface area contributed by atoms with Crippen LogP contribution < -0.4 is 14.2 Å². The molecule has 0 amide bonds. The second-order valence-corrected chi connectivity index (χ2v) is 8.20. The quantitative estimate of drug-likeness (QED) is 0.265. The average Bonchev–Trinajstić information content (AvgIpc) is 2.82. The number of aryl methyl sites for hydroxylation is 1. The van der Waals surface area contributed by atoms with Gasteiger partial charge in [-0.25, -0.2) is 0 Å². The van der Waals surface area contributed by atoms with Crippen molar-refractivity contribution >= 4 is 5.97 Å². The van der Waals surface area contributed by atoms with Crippen LogP contribution in [0, 0.1) is 0 Å². The third-order valence-electron chi connectivity index (χ3n) is 5.41. The number of benzene rings is 3. The molecular weight excluding hydrogens is 428 g/mol. The molecule has 180 valence electrons. The standard InChI is InChI=1S/C29H34O5/c1-3-10-23-20-25(34-24-13-6-5-7-14-24)16-17-27(23)32-18-9-19-33-28-15-8-12-22(21-29(30)31)26(28)11-4-2/h5-8,12-17,20H,3-4,9-11,18-19,21H2,1-2H3,(H,30,31). The van der Waals surface area contributed by atoms with Crippen molar-refractivity contribution in [1.29, 1.82) is 0 Å². The van der Waals surface area contributed by atoms with Crippen LogP contribution in [0.5, 0.6) is 23.0 Å². The van der Waals surface area contributed by atoms with Gasteiger partial charge >= 0.3 is 5.97 Å². The summed E-state index contributed by atoms with van der Waals surface area (Å²) < 4.78 is 18.1. The van der Waals surface area contributed by atoms with E-state index in [-0.39, 0.29) is 6.42 Å². The Kier molecular flexibility index (Phi) is 9.83. The average molecular weight is 463 g/mol. The van der Waals surface area contributed by atoms with E-state index in [1.165, 1.54) is 0 Å². The molecule has 34 heavy (non-hydrogen) atoms. The molecule has 0 unspecified atom stereocenters. The minimum Gasteiger partial charge on any atom is -0.493 e. The summed E-state index contributed by atoms with van der Waals surface area (Å²) in [5, 5.41) is 9.19. The number of para-hydroxylation sites is 1. The number of carbonyl (C=O) groups is 1. The molecule has 5 heteroatoms. The van der Waals surface area contributed by atoms with Crippen LogP contribution in [0.2, 0.25) is 0 Å². The summed E-state index contributed by atoms with van der Waals surface area (Å²) in [6.07, 6.45) is 4.39. The summed E-state index contributed by atoms with van der Waals surface area (Å²) >= 11 is 0. The summed E-state index contributed by atoms with van der Waals surface area (Å²) in [5.41, 5.74) is 2.95. The van der Waals surface area contributed by atoms with Gasteiger partial charge in [-0.2, -0.15) is 0 Å². The van der Waals surface area contributed by atoms with E-state index in [1.807, 2.05) is 66.7 Å². The molecular formula is C29H34O5. The predicted octanol–water partition coefficient (Wildman–Crippen LogP) is 6.86. The maximum Gasteiger partial charge on any atom is 0.307 e. The number of aliphatic carboxylic acids is 1. The zero-order valence-electron chi connectivity index (χ0n) is 20.1. The van der Waals surface area contributed by atoms with Crippen molar-refractivity contribution in [2.45, 2.75) is 52.4 Å². The zero-order valence-corrected chi connectivity index (χ0v) is 20.1. The molecule has 0 saturated carbocycles. The van der Waals surface area contributed by atoms with E-state index < -0.39 is 5.97 Å². The number of ether oxygens (including phenoxy) is 3. The van der Waals surface area contributed by atoms with Crippen LogP contribution in [0.4, 0.5) is 0 Å². The lowest BCUT2D eigenvalue weighted by Gasteiger charge is -2.16. The zero-order chi connectivity index (χ0) is 24.2. The van der Waals surface area contributed by atoms with E-state index in [0.717, 1.165) is 71.8 Å². The Morgan fingerprint density at radius 2 is 1.50 bits per heavy atom. The lowest BCUT2D eigenvalue weighted by atomic mass is 9.99. The largest absolute Gasteiger partial charge is 0.493 e. The predicted molar refractivity (Wildman–Crippen MR) is 134 cm³/mol. The fourth-order valence-corrected chi connectivity index (χ4v) is 3.88. The number of carboxylic acid groups (broad SMARTS) is 1. The molecule has 3 rings (SSSR count). The minimum atomic E-state index is -0.828. The van der Waals surface area contributed by atoms with Crippen LogP contribution >= 0.6 is 0 Å². The van der Waals surface area contributed by atoms with Gasteiger partial charge in [0.15, 0.2) is 0 Å². The van der Waals surface area contributed by atoms with Crippen LogP contribution in [0.1, 0.15) is 49.8 Å². The molecule has 0 saturated heterocycles. The van der Waals surface area contributed by atoms with Gasteiger partial charge in [0.05, 0.1) is 19.6 Å². The molecule has 3 aromatic carbocycles. The first-order valence-corrected chi connectivity index (χ1v) is 12.0. The molecule has 0 spiro atoms. The monoisotopic (exact) mass is 462 g/mol. The Balaban J connectivity index is 1.56. The molecule has 0 atom stereocenters. The maximum atomic E-state index is 11.2. The SMILES string of the molecule is CCCc1cc(Oc2ccccc2)ccc1OCCCOc1cccc(CC(=O)O)c1CCC. The Hall–Kier alpha value is -3.47. The van der Waals surface area contributed by atoms with Crippen molar-refractivity contribution in [3.63, 3.8) is 0 Å². The van der Waals surface area contributed by atoms with Gasteiger partial charge in [0, 0.05) is 6.42 Å². The van der Waals surface area contributed by atoms with Crippen LogP contribution in [0.25, 0.3) is 0 Å². The number of hydrogen-bond donors (Lipinski definition) is 1. The first kappa shape index (κ1) is 25.2. The summed E-state index contributed by atoms with van der Waals surface area (Å²) in [6.45, 7) is 5.27. The molecule has 0 aliphatic rings. The highest BCUT2D eigenvalue weighted by Gasteiger charge is 2.12. The van der Waals surface area contributed by atoms with Crippen molar-refractivity contribution in [1.82, 2.24) is 0 Å².